The Labute approximate surface area is 169 Å². The van der Waals surface area contributed by atoms with Gasteiger partial charge in [0.1, 0.15) is 12.3 Å². The first-order chi connectivity index (χ1) is 13.9. The average molecular weight is 394 g/mol. The number of carbonyl (C=O) groups excluding carboxylic acids is 1. The molecule has 1 heterocycles. The Hall–Kier alpha value is -3.35. The number of hydrogen-bond donors (Lipinski definition) is 1. The van der Waals surface area contributed by atoms with Crippen molar-refractivity contribution in [3.63, 3.8) is 0 Å². The first-order valence-corrected chi connectivity index (χ1v) is 9.59. The highest BCUT2D eigenvalue weighted by Crippen LogP contribution is 2.18. The number of carbonyl (C=O) groups is 1. The van der Waals surface area contributed by atoms with Crippen LogP contribution < -0.4 is 15.7 Å². The quantitative estimate of drug-likeness (QED) is 0.668. The van der Waals surface area contributed by atoms with Crippen LogP contribution in [0.2, 0.25) is 0 Å². The van der Waals surface area contributed by atoms with Crippen molar-refractivity contribution < 1.29 is 9.53 Å². The van der Waals surface area contributed by atoms with Crippen molar-refractivity contribution >= 4 is 5.91 Å². The van der Waals surface area contributed by atoms with Crippen LogP contribution in [0.25, 0.3) is 17.1 Å². The lowest BCUT2D eigenvalue weighted by Gasteiger charge is -2.17. The largest absolute Gasteiger partial charge is 0.497 e. The maximum Gasteiger partial charge on any atom is 0.351 e. The molecule has 0 aliphatic rings. The second-order valence-electron chi connectivity index (χ2n) is 7.27. The van der Waals surface area contributed by atoms with Gasteiger partial charge in [-0.1, -0.05) is 44.2 Å². The SMILES string of the molecule is COc1ccc(-n2nc(-c3ccccc3)n(CC(=O)N[C@H](C)C(C)C)c2=O)cc1. The standard InChI is InChI=1S/C22H26N4O3/c1-15(2)16(3)23-20(27)14-25-21(17-8-6-5-7-9-17)24-26(22(25)28)18-10-12-19(29-4)13-11-18/h5-13,15-16H,14H2,1-4H3,(H,23,27)/t16-/m1/s1. The summed E-state index contributed by atoms with van der Waals surface area (Å²) in [4.78, 5) is 25.7. The maximum atomic E-state index is 13.1. The third kappa shape index (κ3) is 4.56. The molecule has 3 aromatic rings. The summed E-state index contributed by atoms with van der Waals surface area (Å²) in [6.45, 7) is 5.92. The molecule has 0 aliphatic carbocycles. The Morgan fingerprint density at radius 3 is 2.31 bits per heavy atom. The molecule has 0 saturated carbocycles. The lowest BCUT2D eigenvalue weighted by atomic mass is 10.1. The summed E-state index contributed by atoms with van der Waals surface area (Å²) in [5.74, 6) is 1.20. The van der Waals surface area contributed by atoms with Crippen LogP contribution in [0, 0.1) is 5.92 Å². The molecule has 2 aromatic carbocycles. The molecule has 152 valence electrons. The number of benzene rings is 2. The summed E-state index contributed by atoms with van der Waals surface area (Å²) in [6.07, 6.45) is 0. The second-order valence-corrected chi connectivity index (χ2v) is 7.27. The highest BCUT2D eigenvalue weighted by molar-refractivity contribution is 5.76. The van der Waals surface area contributed by atoms with Crippen LogP contribution in [0.3, 0.4) is 0 Å². The number of hydrogen-bond acceptors (Lipinski definition) is 4. The Balaban J connectivity index is 2.02. The van der Waals surface area contributed by atoms with Crippen LogP contribution in [0.15, 0.2) is 59.4 Å². The highest BCUT2D eigenvalue weighted by Gasteiger charge is 2.20. The Bertz CT molecular complexity index is 1020. The minimum Gasteiger partial charge on any atom is -0.497 e. The Morgan fingerprint density at radius 1 is 1.07 bits per heavy atom. The Kier molecular flexibility index (Phi) is 6.16. The van der Waals surface area contributed by atoms with Crippen molar-refractivity contribution in [1.82, 2.24) is 19.7 Å². The normalized spacial score (nSPS) is 12.0. The van der Waals surface area contributed by atoms with Crippen LogP contribution >= 0.6 is 0 Å². The first kappa shape index (κ1) is 20.4. The van der Waals surface area contributed by atoms with Gasteiger partial charge in [0.05, 0.1) is 12.8 Å². The predicted molar refractivity (Wildman–Crippen MR) is 112 cm³/mol. The molecular formula is C22H26N4O3. The minimum absolute atomic E-state index is 0.00927. The van der Waals surface area contributed by atoms with E-state index in [1.807, 2.05) is 51.1 Å². The van der Waals surface area contributed by atoms with E-state index in [1.54, 1.807) is 31.4 Å². The third-order valence-corrected chi connectivity index (χ3v) is 4.90. The van der Waals surface area contributed by atoms with E-state index in [0.29, 0.717) is 23.2 Å². The van der Waals surface area contributed by atoms with Gasteiger partial charge in [-0.25, -0.2) is 4.79 Å². The third-order valence-electron chi connectivity index (χ3n) is 4.90. The average Bonchev–Trinajstić information content (AvgIpc) is 3.04. The van der Waals surface area contributed by atoms with E-state index in [0.717, 1.165) is 5.56 Å². The minimum atomic E-state index is -0.374. The van der Waals surface area contributed by atoms with E-state index >= 15 is 0 Å². The zero-order chi connectivity index (χ0) is 21.0. The molecule has 29 heavy (non-hydrogen) atoms. The molecule has 1 amide bonds. The van der Waals surface area contributed by atoms with Gasteiger partial charge < -0.3 is 10.1 Å². The summed E-state index contributed by atoms with van der Waals surface area (Å²) in [5.41, 5.74) is 0.991. The topological polar surface area (TPSA) is 78.2 Å². The van der Waals surface area contributed by atoms with Crippen LogP contribution in [-0.2, 0) is 11.3 Å². The summed E-state index contributed by atoms with van der Waals surface area (Å²) < 4.78 is 7.89. The van der Waals surface area contributed by atoms with Crippen molar-refractivity contribution in [2.75, 3.05) is 7.11 Å². The van der Waals surface area contributed by atoms with E-state index < -0.39 is 0 Å². The van der Waals surface area contributed by atoms with Crippen LogP contribution in [0.1, 0.15) is 20.8 Å². The summed E-state index contributed by atoms with van der Waals surface area (Å²) in [5, 5.41) is 7.46. The van der Waals surface area contributed by atoms with E-state index in [1.165, 1.54) is 9.25 Å². The monoisotopic (exact) mass is 394 g/mol. The zero-order valence-electron chi connectivity index (χ0n) is 17.1. The molecule has 3 rings (SSSR count). The molecule has 0 fully saturated rings. The van der Waals surface area contributed by atoms with Crippen molar-refractivity contribution in [2.45, 2.75) is 33.4 Å². The molecule has 0 saturated heterocycles. The smallest absolute Gasteiger partial charge is 0.351 e. The van der Waals surface area contributed by atoms with Crippen molar-refractivity contribution in [3.8, 4) is 22.8 Å². The molecular weight excluding hydrogens is 368 g/mol. The molecule has 7 nitrogen and oxygen atoms in total. The van der Waals surface area contributed by atoms with E-state index in [-0.39, 0.29) is 24.2 Å². The van der Waals surface area contributed by atoms with E-state index in [2.05, 4.69) is 10.4 Å². The van der Waals surface area contributed by atoms with Crippen molar-refractivity contribution in [3.05, 3.63) is 65.1 Å². The number of ether oxygens (including phenoxy) is 1. The van der Waals surface area contributed by atoms with Gasteiger partial charge in [0.2, 0.25) is 5.91 Å². The van der Waals surface area contributed by atoms with Crippen LogP contribution in [0.5, 0.6) is 5.75 Å². The first-order valence-electron chi connectivity index (χ1n) is 9.59. The number of amides is 1. The highest BCUT2D eigenvalue weighted by atomic mass is 16.5. The molecule has 1 N–H and O–H groups in total. The summed E-state index contributed by atoms with van der Waals surface area (Å²) >= 11 is 0. The molecule has 0 aliphatic heterocycles. The van der Waals surface area contributed by atoms with Gasteiger partial charge in [0.15, 0.2) is 5.82 Å². The van der Waals surface area contributed by atoms with E-state index in [9.17, 15) is 9.59 Å². The lowest BCUT2D eigenvalue weighted by molar-refractivity contribution is -0.122. The maximum absolute atomic E-state index is 13.1. The van der Waals surface area contributed by atoms with Gasteiger partial charge in [0, 0.05) is 11.6 Å². The molecule has 1 aromatic heterocycles. The van der Waals surface area contributed by atoms with Gasteiger partial charge in [-0.15, -0.1) is 5.10 Å². The van der Waals surface area contributed by atoms with Gasteiger partial charge >= 0.3 is 5.69 Å². The zero-order valence-corrected chi connectivity index (χ0v) is 17.1. The van der Waals surface area contributed by atoms with Gasteiger partial charge in [0.25, 0.3) is 0 Å². The number of aromatic nitrogens is 3. The Morgan fingerprint density at radius 2 is 1.72 bits per heavy atom. The number of nitrogens with one attached hydrogen (secondary N) is 1. The molecule has 0 unspecified atom stereocenters. The molecule has 0 radical (unpaired) electrons. The predicted octanol–water partition coefficient (Wildman–Crippen LogP) is 2.87. The molecule has 7 heteroatoms. The number of nitrogens with zero attached hydrogens (tertiary/aromatic N) is 3. The van der Waals surface area contributed by atoms with Gasteiger partial charge in [-0.3, -0.25) is 9.36 Å². The van der Waals surface area contributed by atoms with Crippen molar-refractivity contribution in [2.24, 2.45) is 5.92 Å². The second kappa shape index (κ2) is 8.77. The fourth-order valence-electron chi connectivity index (χ4n) is 2.84. The number of rotatable bonds is 7. The van der Waals surface area contributed by atoms with E-state index in [4.69, 9.17) is 4.74 Å². The van der Waals surface area contributed by atoms with Crippen LogP contribution in [-0.4, -0.2) is 33.4 Å². The van der Waals surface area contributed by atoms with Gasteiger partial charge in [-0.05, 0) is 37.1 Å². The van der Waals surface area contributed by atoms with Crippen LogP contribution in [0.4, 0.5) is 0 Å². The fraction of sp³-hybridized carbons (Fsp3) is 0.318. The number of methoxy groups -OCH3 is 1. The molecule has 0 spiro atoms. The van der Waals surface area contributed by atoms with Crippen molar-refractivity contribution in [1.29, 1.82) is 0 Å². The molecule has 1 atom stereocenters. The lowest BCUT2D eigenvalue weighted by Crippen LogP contribution is -2.40. The summed E-state index contributed by atoms with van der Waals surface area (Å²) in [6, 6.07) is 16.4. The van der Waals surface area contributed by atoms with Gasteiger partial charge in [-0.2, -0.15) is 4.68 Å². The fourth-order valence-corrected chi connectivity index (χ4v) is 2.84. The summed E-state index contributed by atoms with van der Waals surface area (Å²) in [7, 11) is 1.58. The molecule has 0 bridgehead atoms.